The van der Waals surface area contributed by atoms with Gasteiger partial charge in [0, 0.05) is 5.92 Å². The summed E-state index contributed by atoms with van der Waals surface area (Å²) in [6, 6.07) is 17.4. The van der Waals surface area contributed by atoms with Gasteiger partial charge in [-0.1, -0.05) is 75.7 Å². The number of hydrogen-bond donors (Lipinski definition) is 0. The van der Waals surface area contributed by atoms with E-state index in [4.69, 9.17) is 0 Å². The third kappa shape index (κ3) is 7.34. The van der Waals surface area contributed by atoms with Crippen molar-refractivity contribution in [2.45, 2.75) is 73.6 Å². The Labute approximate surface area is 184 Å². The van der Waals surface area contributed by atoms with E-state index in [0.29, 0.717) is 5.78 Å². The largest absolute Gasteiger partial charge is 0.294 e. The van der Waals surface area contributed by atoms with Crippen molar-refractivity contribution in [2.24, 2.45) is 5.92 Å². The number of benzene rings is 2. The summed E-state index contributed by atoms with van der Waals surface area (Å²) in [5.74, 6) is 2.70. The zero-order chi connectivity index (χ0) is 22.5. The van der Waals surface area contributed by atoms with Crippen molar-refractivity contribution < 1.29 is 4.79 Å². The Balaban J connectivity index is 0.00000141. The second kappa shape index (κ2) is 13.6. The maximum absolute atomic E-state index is 12.9. The summed E-state index contributed by atoms with van der Waals surface area (Å²) in [6.07, 6.45) is 9.50. The van der Waals surface area contributed by atoms with E-state index in [9.17, 15) is 4.79 Å². The highest BCUT2D eigenvalue weighted by Crippen LogP contribution is 2.28. The minimum atomic E-state index is 0.141. The lowest BCUT2D eigenvalue weighted by Gasteiger charge is -2.17. The van der Waals surface area contributed by atoms with E-state index in [1.807, 2.05) is 6.92 Å². The fourth-order valence-electron chi connectivity index (χ4n) is 3.75. The van der Waals surface area contributed by atoms with Crippen molar-refractivity contribution in [3.05, 3.63) is 76.4 Å². The standard InChI is InChI=1S/C26H34O.C3H4/c1-6-12-24-16-15-22(17-21-13-10-9-11-14-21)18-25(24)19(4)20(5)26(27)23(7-2)8-3;1-3-2/h9-11,13-16,18,23H,6-8,12,17H2,1-5H3;1H,2H3/b20-19+;. The molecule has 0 heterocycles. The first-order valence-corrected chi connectivity index (χ1v) is 11.2. The Hall–Kier alpha value is -2.59. The molecule has 0 saturated carbocycles. The van der Waals surface area contributed by atoms with E-state index in [1.54, 1.807) is 6.92 Å². The van der Waals surface area contributed by atoms with Crippen LogP contribution in [-0.2, 0) is 17.6 Å². The van der Waals surface area contributed by atoms with Crippen molar-refractivity contribution in [1.82, 2.24) is 0 Å². The number of hydrogen-bond acceptors (Lipinski definition) is 1. The lowest BCUT2D eigenvalue weighted by atomic mass is 9.86. The van der Waals surface area contributed by atoms with Gasteiger partial charge in [0.1, 0.15) is 0 Å². The summed E-state index contributed by atoms with van der Waals surface area (Å²) in [6.45, 7) is 12.2. The molecule has 0 aliphatic heterocycles. The Morgan fingerprint density at radius 3 is 2.10 bits per heavy atom. The molecule has 0 radical (unpaired) electrons. The summed E-state index contributed by atoms with van der Waals surface area (Å²) in [5, 5.41) is 0. The molecule has 1 nitrogen and oxygen atoms in total. The molecule has 0 N–H and O–H groups in total. The van der Waals surface area contributed by atoms with E-state index in [1.165, 1.54) is 22.3 Å². The van der Waals surface area contributed by atoms with Crippen LogP contribution in [-0.4, -0.2) is 5.78 Å². The molecule has 0 bridgehead atoms. The summed E-state index contributed by atoms with van der Waals surface area (Å²) in [4.78, 5) is 12.9. The molecular formula is C29H38O. The molecule has 2 aromatic rings. The molecular weight excluding hydrogens is 364 g/mol. The summed E-state index contributed by atoms with van der Waals surface area (Å²) in [7, 11) is 0. The predicted octanol–water partition coefficient (Wildman–Crippen LogP) is 7.67. The molecule has 1 heteroatoms. The quantitative estimate of drug-likeness (QED) is 0.311. The van der Waals surface area contributed by atoms with Gasteiger partial charge in [-0.25, -0.2) is 0 Å². The SMILES string of the molecule is C#CC.CCCc1ccc(Cc2ccccc2)cc1/C(C)=C(\C)C(=O)C(CC)CC. The van der Waals surface area contributed by atoms with Gasteiger partial charge in [0.2, 0.25) is 0 Å². The predicted molar refractivity (Wildman–Crippen MR) is 132 cm³/mol. The number of allylic oxidation sites excluding steroid dienone is 2. The van der Waals surface area contributed by atoms with Gasteiger partial charge < -0.3 is 0 Å². The normalized spacial score (nSPS) is 11.3. The number of carbonyl (C=O) groups excluding carboxylic acids is 1. The number of carbonyl (C=O) groups is 1. The van der Waals surface area contributed by atoms with Crippen LogP contribution in [0.4, 0.5) is 0 Å². The Kier molecular flexibility index (Phi) is 11.5. The Morgan fingerprint density at radius 2 is 1.57 bits per heavy atom. The van der Waals surface area contributed by atoms with Crippen LogP contribution in [0, 0.1) is 18.3 Å². The maximum Gasteiger partial charge on any atom is 0.161 e. The third-order valence-electron chi connectivity index (χ3n) is 5.64. The molecule has 0 atom stereocenters. The van der Waals surface area contributed by atoms with Crippen molar-refractivity contribution in [3.63, 3.8) is 0 Å². The van der Waals surface area contributed by atoms with Crippen LogP contribution < -0.4 is 0 Å². The van der Waals surface area contributed by atoms with E-state index in [2.05, 4.69) is 88.6 Å². The van der Waals surface area contributed by atoms with Crippen LogP contribution in [0.25, 0.3) is 5.57 Å². The van der Waals surface area contributed by atoms with Gasteiger partial charge in [-0.2, -0.15) is 0 Å². The van der Waals surface area contributed by atoms with Gasteiger partial charge in [-0.05, 0) is 79.9 Å². The van der Waals surface area contributed by atoms with Crippen LogP contribution in [0.5, 0.6) is 0 Å². The molecule has 2 rings (SSSR count). The van der Waals surface area contributed by atoms with E-state index < -0.39 is 0 Å². The lowest BCUT2D eigenvalue weighted by molar-refractivity contribution is -0.119. The Bertz CT molecular complexity index is 861. The maximum atomic E-state index is 12.9. The van der Waals surface area contributed by atoms with Crippen molar-refractivity contribution >= 4 is 11.4 Å². The zero-order valence-electron chi connectivity index (χ0n) is 19.7. The van der Waals surface area contributed by atoms with Crippen molar-refractivity contribution in [1.29, 1.82) is 0 Å². The van der Waals surface area contributed by atoms with Crippen molar-refractivity contribution in [2.75, 3.05) is 0 Å². The highest BCUT2D eigenvalue weighted by Gasteiger charge is 2.19. The summed E-state index contributed by atoms with van der Waals surface area (Å²) >= 11 is 0. The molecule has 0 unspecified atom stereocenters. The molecule has 0 aromatic heterocycles. The lowest BCUT2D eigenvalue weighted by Crippen LogP contribution is -2.15. The molecule has 0 aliphatic carbocycles. The van der Waals surface area contributed by atoms with Crippen LogP contribution >= 0.6 is 0 Å². The van der Waals surface area contributed by atoms with E-state index in [0.717, 1.165) is 43.3 Å². The summed E-state index contributed by atoms with van der Waals surface area (Å²) < 4.78 is 0. The molecule has 160 valence electrons. The van der Waals surface area contributed by atoms with Gasteiger partial charge in [-0.3, -0.25) is 4.79 Å². The van der Waals surface area contributed by atoms with Gasteiger partial charge in [0.25, 0.3) is 0 Å². The zero-order valence-corrected chi connectivity index (χ0v) is 19.7. The smallest absolute Gasteiger partial charge is 0.161 e. The minimum Gasteiger partial charge on any atom is -0.294 e. The van der Waals surface area contributed by atoms with E-state index >= 15 is 0 Å². The average molecular weight is 403 g/mol. The minimum absolute atomic E-state index is 0.141. The van der Waals surface area contributed by atoms with E-state index in [-0.39, 0.29) is 5.92 Å². The number of terminal acetylenes is 1. The van der Waals surface area contributed by atoms with Gasteiger partial charge in [-0.15, -0.1) is 12.3 Å². The third-order valence-corrected chi connectivity index (χ3v) is 5.64. The average Bonchev–Trinajstić information content (AvgIpc) is 2.76. The van der Waals surface area contributed by atoms with Crippen LogP contribution in [0.15, 0.2) is 54.1 Å². The molecule has 30 heavy (non-hydrogen) atoms. The number of ketones is 1. The number of aryl methyl sites for hydroxylation is 1. The van der Waals surface area contributed by atoms with Gasteiger partial charge in [0.05, 0.1) is 0 Å². The monoisotopic (exact) mass is 402 g/mol. The molecule has 2 aromatic carbocycles. The molecule has 0 saturated heterocycles. The number of Topliss-reactive ketones (excluding diaryl/α,β-unsaturated/α-hetero) is 1. The first kappa shape index (κ1) is 25.4. The molecule has 0 amide bonds. The van der Waals surface area contributed by atoms with Crippen LogP contribution in [0.3, 0.4) is 0 Å². The molecule has 0 fully saturated rings. The highest BCUT2D eigenvalue weighted by molar-refractivity contribution is 6.03. The highest BCUT2D eigenvalue weighted by atomic mass is 16.1. The Morgan fingerprint density at radius 1 is 0.967 bits per heavy atom. The second-order valence-electron chi connectivity index (χ2n) is 7.82. The number of rotatable bonds is 9. The van der Waals surface area contributed by atoms with Crippen LogP contribution in [0.2, 0.25) is 0 Å². The molecule has 0 aliphatic rings. The fraction of sp³-hybridized carbons (Fsp3) is 0.414. The first-order chi connectivity index (χ1) is 14.4. The topological polar surface area (TPSA) is 17.1 Å². The fourth-order valence-corrected chi connectivity index (χ4v) is 3.75. The van der Waals surface area contributed by atoms with Gasteiger partial charge in [0.15, 0.2) is 5.78 Å². The van der Waals surface area contributed by atoms with Crippen LogP contribution in [0.1, 0.15) is 83.1 Å². The second-order valence-corrected chi connectivity index (χ2v) is 7.82. The first-order valence-electron chi connectivity index (χ1n) is 11.2. The van der Waals surface area contributed by atoms with Crippen molar-refractivity contribution in [3.8, 4) is 12.3 Å². The van der Waals surface area contributed by atoms with Gasteiger partial charge >= 0.3 is 0 Å². The molecule has 0 spiro atoms. The summed E-state index contributed by atoms with van der Waals surface area (Å²) in [5.41, 5.74) is 7.30.